The maximum Gasteiger partial charge on any atom is 0.336 e. The number of piperidine rings is 1. The first-order chi connectivity index (χ1) is 23.4. The number of ether oxygens (including phenoxy) is 3. The number of carbonyl (C=O) groups is 2. The van der Waals surface area contributed by atoms with Crippen LogP contribution in [0.15, 0.2) is 107 Å². The molecule has 5 rings (SSSR count). The lowest BCUT2D eigenvalue weighted by molar-refractivity contribution is -0.140. The number of likely N-dealkylation sites (tertiary alicyclic amines) is 1. The largest absolute Gasteiger partial charge is 0.466 e. The predicted molar refractivity (Wildman–Crippen MR) is 185 cm³/mol. The summed E-state index contributed by atoms with van der Waals surface area (Å²) in [5.74, 6) is -1.79. The van der Waals surface area contributed by atoms with Gasteiger partial charge in [-0.25, -0.2) is 9.59 Å². The Balaban J connectivity index is 1.08. The lowest BCUT2D eigenvalue weighted by Crippen LogP contribution is -2.43. The molecule has 0 spiro atoms. The van der Waals surface area contributed by atoms with Crippen molar-refractivity contribution in [3.05, 3.63) is 130 Å². The predicted octanol–water partition coefficient (Wildman–Crippen LogP) is 6.39. The van der Waals surface area contributed by atoms with Crippen LogP contribution in [0.25, 0.3) is 0 Å². The van der Waals surface area contributed by atoms with Gasteiger partial charge in [0.2, 0.25) is 0 Å². The van der Waals surface area contributed by atoms with Crippen molar-refractivity contribution >= 4 is 11.9 Å². The van der Waals surface area contributed by atoms with E-state index in [9.17, 15) is 14.9 Å². The van der Waals surface area contributed by atoms with Crippen LogP contribution in [0.1, 0.15) is 67.7 Å². The molecular formula is C40H45N3O5. The van der Waals surface area contributed by atoms with Gasteiger partial charge >= 0.3 is 11.9 Å². The van der Waals surface area contributed by atoms with Gasteiger partial charge in [0.1, 0.15) is 0 Å². The summed E-state index contributed by atoms with van der Waals surface area (Å²) in [5.41, 5.74) is 5.73. The highest BCUT2D eigenvalue weighted by atomic mass is 16.5. The van der Waals surface area contributed by atoms with Crippen molar-refractivity contribution < 1.29 is 23.8 Å². The normalized spacial score (nSPS) is 17.8. The standard InChI is InChI=1S/C40H45N3O5/c1-29-35(38(44)46-3)37(32-14-10-13-31(27-32)28-41)36(30(2)42-29)39(45)48-26-12-25-47-24-11-21-43-22-19-40(20-23-43,33-15-6-4-7-16-33)34-17-8-5-9-18-34/h4-10,13-18,27,37,42H,11-12,19-26H2,1-3H3. The molecule has 0 radical (unpaired) electrons. The molecule has 1 fully saturated rings. The van der Waals surface area contributed by atoms with E-state index in [4.69, 9.17) is 14.2 Å². The number of hydrogen-bond donors (Lipinski definition) is 1. The van der Waals surface area contributed by atoms with Crippen LogP contribution in [0.3, 0.4) is 0 Å². The van der Waals surface area contributed by atoms with Crippen molar-refractivity contribution in [2.45, 2.75) is 50.9 Å². The molecule has 2 heterocycles. The van der Waals surface area contributed by atoms with E-state index in [2.05, 4.69) is 76.9 Å². The van der Waals surface area contributed by atoms with Gasteiger partial charge in [0, 0.05) is 43.0 Å². The number of benzene rings is 3. The quantitative estimate of drug-likeness (QED) is 0.168. The lowest BCUT2D eigenvalue weighted by Gasteiger charge is -2.43. The number of nitriles is 1. The number of dihydropyridines is 1. The summed E-state index contributed by atoms with van der Waals surface area (Å²) in [5, 5.41) is 12.6. The molecule has 48 heavy (non-hydrogen) atoms. The van der Waals surface area contributed by atoms with E-state index in [1.165, 1.54) is 18.2 Å². The number of hydrogen-bond acceptors (Lipinski definition) is 8. The maximum absolute atomic E-state index is 13.4. The van der Waals surface area contributed by atoms with Gasteiger partial charge in [-0.05, 0) is 75.0 Å². The fraction of sp³-hybridized carbons (Fsp3) is 0.375. The molecular weight excluding hydrogens is 602 g/mol. The highest BCUT2D eigenvalue weighted by molar-refractivity contribution is 5.99. The Morgan fingerprint density at radius 1 is 0.833 bits per heavy atom. The van der Waals surface area contributed by atoms with Crippen LogP contribution in [0.4, 0.5) is 0 Å². The first-order valence-electron chi connectivity index (χ1n) is 16.7. The summed E-state index contributed by atoms with van der Waals surface area (Å²) in [4.78, 5) is 28.8. The molecule has 0 aromatic heterocycles. The zero-order valence-corrected chi connectivity index (χ0v) is 28.2. The van der Waals surface area contributed by atoms with Crippen LogP contribution < -0.4 is 5.32 Å². The Kier molecular flexibility index (Phi) is 11.8. The Hall–Kier alpha value is -4.71. The molecule has 250 valence electrons. The van der Waals surface area contributed by atoms with Gasteiger partial charge < -0.3 is 24.4 Å². The molecule has 2 aliphatic rings. The van der Waals surface area contributed by atoms with Crippen molar-refractivity contribution in [1.29, 1.82) is 5.26 Å². The van der Waals surface area contributed by atoms with Crippen LogP contribution in [-0.2, 0) is 29.2 Å². The smallest absolute Gasteiger partial charge is 0.336 e. The summed E-state index contributed by atoms with van der Waals surface area (Å²) in [6.45, 7) is 7.92. The van der Waals surface area contributed by atoms with E-state index in [0.717, 1.165) is 38.9 Å². The molecule has 1 atom stereocenters. The molecule has 2 aliphatic heterocycles. The Bertz CT molecular complexity index is 1630. The Morgan fingerprint density at radius 3 is 2.04 bits per heavy atom. The van der Waals surface area contributed by atoms with Gasteiger partial charge in [-0.1, -0.05) is 72.8 Å². The van der Waals surface area contributed by atoms with E-state index in [0.29, 0.717) is 53.3 Å². The van der Waals surface area contributed by atoms with Crippen LogP contribution in [-0.4, -0.2) is 63.4 Å². The van der Waals surface area contributed by atoms with Crippen molar-refractivity contribution in [2.75, 3.05) is 46.6 Å². The van der Waals surface area contributed by atoms with Gasteiger partial charge in [0.05, 0.1) is 42.4 Å². The van der Waals surface area contributed by atoms with Gasteiger partial charge in [-0.2, -0.15) is 5.26 Å². The second kappa shape index (κ2) is 16.4. The van der Waals surface area contributed by atoms with Gasteiger partial charge in [-0.15, -0.1) is 0 Å². The third-order valence-corrected chi connectivity index (χ3v) is 9.53. The minimum Gasteiger partial charge on any atom is -0.466 e. The molecule has 0 aliphatic carbocycles. The first kappa shape index (κ1) is 34.6. The molecule has 1 unspecified atom stereocenters. The number of nitrogens with one attached hydrogen (secondary N) is 1. The van der Waals surface area contributed by atoms with Crippen molar-refractivity contribution in [2.24, 2.45) is 0 Å². The Morgan fingerprint density at radius 2 is 1.44 bits per heavy atom. The van der Waals surface area contributed by atoms with Crippen LogP contribution >= 0.6 is 0 Å². The van der Waals surface area contributed by atoms with Crippen molar-refractivity contribution in [1.82, 2.24) is 10.2 Å². The fourth-order valence-corrected chi connectivity index (χ4v) is 7.08. The summed E-state index contributed by atoms with van der Waals surface area (Å²) < 4.78 is 16.7. The second-order valence-corrected chi connectivity index (χ2v) is 12.5. The molecule has 8 nitrogen and oxygen atoms in total. The molecule has 0 saturated carbocycles. The molecule has 0 amide bonds. The van der Waals surface area contributed by atoms with Gasteiger partial charge in [0.25, 0.3) is 0 Å². The van der Waals surface area contributed by atoms with Gasteiger partial charge in [-0.3, -0.25) is 0 Å². The SMILES string of the molecule is COC(=O)C1=C(C)NC(C)=C(C(=O)OCCCOCCCN2CCC(c3ccccc3)(c3ccccc3)CC2)C1c1cccc(C#N)c1. The number of nitrogens with zero attached hydrogens (tertiary/aromatic N) is 2. The molecule has 3 aromatic carbocycles. The lowest BCUT2D eigenvalue weighted by atomic mass is 9.68. The topological polar surface area (TPSA) is 101 Å². The van der Waals surface area contributed by atoms with Crippen LogP contribution in [0.2, 0.25) is 0 Å². The monoisotopic (exact) mass is 647 g/mol. The third kappa shape index (κ3) is 7.87. The summed E-state index contributed by atoms with van der Waals surface area (Å²) >= 11 is 0. The molecule has 8 heteroatoms. The van der Waals surface area contributed by atoms with E-state index in [1.807, 2.05) is 0 Å². The van der Waals surface area contributed by atoms with Crippen molar-refractivity contribution in [3.63, 3.8) is 0 Å². The molecule has 0 bridgehead atoms. The minimum atomic E-state index is -0.726. The van der Waals surface area contributed by atoms with E-state index in [-0.39, 0.29) is 12.0 Å². The van der Waals surface area contributed by atoms with E-state index >= 15 is 0 Å². The average Bonchev–Trinajstić information content (AvgIpc) is 3.13. The first-order valence-corrected chi connectivity index (χ1v) is 16.7. The fourth-order valence-electron chi connectivity index (χ4n) is 7.08. The highest BCUT2D eigenvalue weighted by Crippen LogP contribution is 2.42. The number of allylic oxidation sites excluding steroid dienone is 2. The number of carbonyl (C=O) groups excluding carboxylic acids is 2. The summed E-state index contributed by atoms with van der Waals surface area (Å²) in [7, 11) is 1.31. The van der Waals surface area contributed by atoms with Crippen LogP contribution in [0.5, 0.6) is 0 Å². The average molecular weight is 648 g/mol. The van der Waals surface area contributed by atoms with Crippen LogP contribution in [0, 0.1) is 11.3 Å². The second-order valence-electron chi connectivity index (χ2n) is 12.5. The number of rotatable bonds is 13. The Labute approximate surface area is 284 Å². The molecule has 3 aromatic rings. The summed E-state index contributed by atoms with van der Waals surface area (Å²) in [6.07, 6.45) is 3.66. The van der Waals surface area contributed by atoms with E-state index < -0.39 is 17.9 Å². The highest BCUT2D eigenvalue weighted by Gasteiger charge is 2.39. The maximum atomic E-state index is 13.4. The summed E-state index contributed by atoms with van der Waals surface area (Å²) in [6, 6.07) is 30.8. The van der Waals surface area contributed by atoms with Crippen molar-refractivity contribution in [3.8, 4) is 6.07 Å². The third-order valence-electron chi connectivity index (χ3n) is 9.53. The van der Waals surface area contributed by atoms with Gasteiger partial charge in [0.15, 0.2) is 0 Å². The zero-order valence-electron chi connectivity index (χ0n) is 28.2. The zero-order chi connectivity index (χ0) is 33.9. The number of esters is 2. The number of methoxy groups -OCH3 is 1. The van der Waals surface area contributed by atoms with E-state index in [1.54, 1.807) is 38.1 Å². The minimum absolute atomic E-state index is 0.0475. The molecule has 1 N–H and O–H groups in total. The molecule has 1 saturated heterocycles.